The third kappa shape index (κ3) is 5.39. The van der Waals surface area contributed by atoms with E-state index in [1.165, 1.54) is 4.31 Å². The Kier molecular flexibility index (Phi) is 7.72. The highest BCUT2D eigenvalue weighted by molar-refractivity contribution is 7.93. The molecular weight excluding hydrogens is 422 g/mol. The van der Waals surface area contributed by atoms with Crippen LogP contribution in [-0.4, -0.2) is 27.2 Å². The van der Waals surface area contributed by atoms with Gasteiger partial charge in [0.2, 0.25) is 0 Å². The maximum atomic E-state index is 14.0. The first-order chi connectivity index (χ1) is 15.4. The Hall–Kier alpha value is -3.09. The fourth-order valence-electron chi connectivity index (χ4n) is 3.39. The maximum absolute atomic E-state index is 14.0. The van der Waals surface area contributed by atoms with Gasteiger partial charge in [-0.05, 0) is 61.2 Å². The van der Waals surface area contributed by atoms with Crippen molar-refractivity contribution in [1.82, 2.24) is 0 Å². The number of allylic oxidation sites excluding steroid dienone is 1. The first-order valence-electron chi connectivity index (χ1n) is 10.5. The van der Waals surface area contributed by atoms with Crippen LogP contribution in [-0.2, 0) is 10.0 Å². The standard InChI is InChI=1S/C26H29NO4S/c1-20-9-15-25(16-10-20)32(29,30)27(23-11-13-24(31-3)14-12-23)26(19-21(2)17-18-28)22-7-5-4-6-8-22/h4-16,19,21,28H,17-18H2,1-3H3/b26-19-. The van der Waals surface area contributed by atoms with Crippen molar-refractivity contribution in [2.75, 3.05) is 18.0 Å². The highest BCUT2D eigenvalue weighted by atomic mass is 32.2. The quantitative estimate of drug-likeness (QED) is 0.482. The number of hydrogen-bond donors (Lipinski definition) is 1. The van der Waals surface area contributed by atoms with Crippen LogP contribution in [0, 0.1) is 12.8 Å². The lowest BCUT2D eigenvalue weighted by Crippen LogP contribution is -2.30. The Morgan fingerprint density at radius 1 is 1.00 bits per heavy atom. The second-order valence-electron chi connectivity index (χ2n) is 7.69. The van der Waals surface area contributed by atoms with E-state index in [9.17, 15) is 13.5 Å². The van der Waals surface area contributed by atoms with Crippen LogP contribution in [0.4, 0.5) is 5.69 Å². The van der Waals surface area contributed by atoms with E-state index in [4.69, 9.17) is 4.74 Å². The molecule has 0 aliphatic carbocycles. The molecule has 0 fully saturated rings. The predicted octanol–water partition coefficient (Wildman–Crippen LogP) is 5.26. The molecular formula is C26H29NO4S. The Morgan fingerprint density at radius 3 is 2.19 bits per heavy atom. The number of anilines is 1. The molecule has 1 N–H and O–H groups in total. The zero-order valence-electron chi connectivity index (χ0n) is 18.6. The van der Waals surface area contributed by atoms with Crippen molar-refractivity contribution in [2.24, 2.45) is 5.92 Å². The monoisotopic (exact) mass is 451 g/mol. The minimum atomic E-state index is -3.94. The van der Waals surface area contributed by atoms with Gasteiger partial charge in [-0.15, -0.1) is 0 Å². The lowest BCUT2D eigenvalue weighted by atomic mass is 10.0. The van der Waals surface area contributed by atoms with Crippen molar-refractivity contribution in [3.8, 4) is 5.75 Å². The van der Waals surface area contributed by atoms with Crippen LogP contribution in [0.5, 0.6) is 5.75 Å². The number of rotatable bonds is 9. The van der Waals surface area contributed by atoms with Crippen LogP contribution in [0.1, 0.15) is 24.5 Å². The highest BCUT2D eigenvalue weighted by Gasteiger charge is 2.29. The summed E-state index contributed by atoms with van der Waals surface area (Å²) >= 11 is 0. The number of aliphatic hydroxyl groups is 1. The third-order valence-electron chi connectivity index (χ3n) is 5.18. The van der Waals surface area contributed by atoms with Gasteiger partial charge >= 0.3 is 0 Å². The van der Waals surface area contributed by atoms with E-state index < -0.39 is 10.0 Å². The van der Waals surface area contributed by atoms with Crippen LogP contribution >= 0.6 is 0 Å². The molecule has 1 atom stereocenters. The number of nitrogens with zero attached hydrogens (tertiary/aromatic N) is 1. The van der Waals surface area contributed by atoms with Crippen LogP contribution in [0.15, 0.2) is 89.8 Å². The minimum Gasteiger partial charge on any atom is -0.497 e. The summed E-state index contributed by atoms with van der Waals surface area (Å²) in [5.41, 5.74) is 2.79. The van der Waals surface area contributed by atoms with Gasteiger partial charge in [-0.3, -0.25) is 0 Å². The Balaban J connectivity index is 2.25. The highest BCUT2D eigenvalue weighted by Crippen LogP contribution is 2.35. The molecule has 0 saturated carbocycles. The average Bonchev–Trinajstić information content (AvgIpc) is 2.80. The largest absolute Gasteiger partial charge is 0.497 e. The van der Waals surface area contributed by atoms with Gasteiger partial charge in [-0.2, -0.15) is 0 Å². The van der Waals surface area contributed by atoms with E-state index in [1.807, 2.05) is 50.3 Å². The van der Waals surface area contributed by atoms with Crippen LogP contribution in [0.25, 0.3) is 5.70 Å². The molecule has 3 rings (SSSR count). The van der Waals surface area contributed by atoms with Gasteiger partial charge in [0.15, 0.2) is 0 Å². The van der Waals surface area contributed by atoms with Crippen LogP contribution < -0.4 is 9.04 Å². The van der Waals surface area contributed by atoms with Gasteiger partial charge in [0.25, 0.3) is 10.0 Å². The normalized spacial score (nSPS) is 12.9. The molecule has 168 valence electrons. The van der Waals surface area contributed by atoms with Gasteiger partial charge in [-0.1, -0.05) is 61.0 Å². The number of hydrogen-bond acceptors (Lipinski definition) is 4. The summed E-state index contributed by atoms with van der Waals surface area (Å²) in [4.78, 5) is 0.204. The summed E-state index contributed by atoms with van der Waals surface area (Å²) in [6, 6.07) is 23.2. The van der Waals surface area contributed by atoms with Crippen molar-refractivity contribution in [3.63, 3.8) is 0 Å². The summed E-state index contributed by atoms with van der Waals surface area (Å²) in [6.07, 6.45) is 2.43. The molecule has 6 heteroatoms. The molecule has 32 heavy (non-hydrogen) atoms. The number of ether oxygens (including phenoxy) is 1. The molecule has 0 aliphatic heterocycles. The van der Waals surface area contributed by atoms with Crippen molar-refractivity contribution >= 4 is 21.4 Å². The van der Waals surface area contributed by atoms with Crippen LogP contribution in [0.3, 0.4) is 0 Å². The van der Waals surface area contributed by atoms with E-state index >= 15 is 0 Å². The molecule has 0 heterocycles. The molecule has 0 aromatic heterocycles. The van der Waals surface area contributed by atoms with E-state index in [1.54, 1.807) is 55.6 Å². The molecule has 1 unspecified atom stereocenters. The Labute approximate surface area is 190 Å². The molecule has 0 aliphatic rings. The number of sulfonamides is 1. The summed E-state index contributed by atoms with van der Waals surface area (Å²) in [6.45, 7) is 3.90. The van der Waals surface area contributed by atoms with Gasteiger partial charge in [0, 0.05) is 6.61 Å². The second kappa shape index (κ2) is 10.5. The van der Waals surface area contributed by atoms with Crippen molar-refractivity contribution in [2.45, 2.75) is 25.2 Å². The number of aryl methyl sites for hydroxylation is 1. The van der Waals surface area contributed by atoms with E-state index in [0.717, 1.165) is 11.1 Å². The lowest BCUT2D eigenvalue weighted by molar-refractivity contribution is 0.274. The smallest absolute Gasteiger partial charge is 0.268 e. The number of methoxy groups -OCH3 is 1. The maximum Gasteiger partial charge on any atom is 0.268 e. The molecule has 0 amide bonds. The molecule has 0 bridgehead atoms. The minimum absolute atomic E-state index is 0.0208. The second-order valence-corrected chi connectivity index (χ2v) is 9.47. The fourth-order valence-corrected chi connectivity index (χ4v) is 4.90. The SMILES string of the molecule is COc1ccc(N(/C(=C\C(C)CCO)c2ccccc2)S(=O)(=O)c2ccc(C)cc2)cc1. The third-order valence-corrected chi connectivity index (χ3v) is 6.94. The van der Waals surface area contributed by atoms with E-state index in [2.05, 4.69) is 0 Å². The van der Waals surface area contributed by atoms with Gasteiger partial charge in [-0.25, -0.2) is 12.7 Å². The molecule has 5 nitrogen and oxygen atoms in total. The molecule has 3 aromatic rings. The molecule has 0 spiro atoms. The topological polar surface area (TPSA) is 66.8 Å². The van der Waals surface area contributed by atoms with Crippen LogP contribution in [0.2, 0.25) is 0 Å². The van der Waals surface area contributed by atoms with Crippen molar-refractivity contribution < 1.29 is 18.3 Å². The number of aliphatic hydroxyl groups excluding tert-OH is 1. The summed E-state index contributed by atoms with van der Waals surface area (Å²) in [5.74, 6) is 0.601. The van der Waals surface area contributed by atoms with Gasteiger partial charge in [0.05, 0.1) is 23.4 Å². The fraction of sp³-hybridized carbons (Fsp3) is 0.231. The van der Waals surface area contributed by atoms with Crippen molar-refractivity contribution in [3.05, 3.63) is 96.1 Å². The van der Waals surface area contributed by atoms with E-state index in [0.29, 0.717) is 23.6 Å². The zero-order chi connectivity index (χ0) is 23.1. The lowest BCUT2D eigenvalue weighted by Gasteiger charge is -2.28. The average molecular weight is 452 g/mol. The Bertz CT molecular complexity index is 1140. The summed E-state index contributed by atoms with van der Waals surface area (Å²) in [7, 11) is -2.37. The van der Waals surface area contributed by atoms with E-state index in [-0.39, 0.29) is 17.4 Å². The molecule has 0 radical (unpaired) electrons. The first kappa shape index (κ1) is 23.6. The molecule has 3 aromatic carbocycles. The molecule has 0 saturated heterocycles. The summed E-state index contributed by atoms with van der Waals surface area (Å²) in [5, 5.41) is 9.42. The first-order valence-corrected chi connectivity index (χ1v) is 11.9. The summed E-state index contributed by atoms with van der Waals surface area (Å²) < 4.78 is 34.6. The van der Waals surface area contributed by atoms with Gasteiger partial charge < -0.3 is 9.84 Å². The van der Waals surface area contributed by atoms with Gasteiger partial charge in [0.1, 0.15) is 5.75 Å². The predicted molar refractivity (Wildman–Crippen MR) is 129 cm³/mol. The number of benzene rings is 3. The van der Waals surface area contributed by atoms with Crippen molar-refractivity contribution in [1.29, 1.82) is 0 Å². The Morgan fingerprint density at radius 2 is 1.62 bits per heavy atom. The zero-order valence-corrected chi connectivity index (χ0v) is 19.4.